The van der Waals surface area contributed by atoms with Crippen LogP contribution in [-0.4, -0.2) is 24.6 Å². The molecule has 0 aromatic rings. The fourth-order valence-electron chi connectivity index (χ4n) is 3.79. The van der Waals surface area contributed by atoms with Crippen molar-refractivity contribution in [1.29, 1.82) is 0 Å². The van der Waals surface area contributed by atoms with Crippen LogP contribution >= 0.6 is 0 Å². The second kappa shape index (κ2) is 3.34. The van der Waals surface area contributed by atoms with Crippen molar-refractivity contribution in [1.82, 2.24) is 0 Å². The van der Waals surface area contributed by atoms with Gasteiger partial charge in [-0.05, 0) is 19.3 Å². The van der Waals surface area contributed by atoms with Gasteiger partial charge < -0.3 is 9.47 Å². The van der Waals surface area contributed by atoms with Crippen LogP contribution in [-0.2, 0) is 19.1 Å². The van der Waals surface area contributed by atoms with Gasteiger partial charge in [-0.25, -0.2) is 0 Å². The quantitative estimate of drug-likeness (QED) is 0.535. The average molecular weight is 236 g/mol. The number of carbonyl (C=O) groups is 2. The highest BCUT2D eigenvalue weighted by molar-refractivity contribution is 5.87. The van der Waals surface area contributed by atoms with Crippen LogP contribution in [0.15, 0.2) is 12.2 Å². The highest BCUT2D eigenvalue weighted by atomic mass is 16.6. The molecule has 1 saturated heterocycles. The molecule has 1 saturated carbocycles. The maximum Gasteiger partial charge on any atom is 0.316 e. The molecule has 17 heavy (non-hydrogen) atoms. The van der Waals surface area contributed by atoms with Crippen LogP contribution < -0.4 is 0 Å². The molecule has 3 rings (SSSR count). The molecule has 4 heteroatoms. The first kappa shape index (κ1) is 10.8. The monoisotopic (exact) mass is 236 g/mol. The number of hydrogen-bond acceptors (Lipinski definition) is 4. The summed E-state index contributed by atoms with van der Waals surface area (Å²) in [6, 6.07) is 0. The molecule has 0 radical (unpaired) electrons. The summed E-state index contributed by atoms with van der Waals surface area (Å²) in [5.41, 5.74) is -0.631. The van der Waals surface area contributed by atoms with E-state index in [9.17, 15) is 9.59 Å². The first-order valence-corrected chi connectivity index (χ1v) is 6.17. The van der Waals surface area contributed by atoms with Crippen molar-refractivity contribution in [2.24, 2.45) is 23.2 Å². The van der Waals surface area contributed by atoms with Crippen LogP contribution in [0.2, 0.25) is 0 Å². The van der Waals surface area contributed by atoms with Gasteiger partial charge in [0.05, 0.1) is 12.5 Å². The maximum absolute atomic E-state index is 12.2. The molecule has 3 aliphatic rings. The SMILES string of the molecule is CCOC(=O)[C@]12CC=CC3C1OC(=O)[C@@H]3[C@H]2C. The summed E-state index contributed by atoms with van der Waals surface area (Å²) >= 11 is 0. The topological polar surface area (TPSA) is 52.6 Å². The standard InChI is InChI=1S/C13H16O4/c1-3-16-12(15)13-6-4-5-8-9(7(13)2)11(14)17-10(8)13/h4-5,7-10H,3,6H2,1-2H3/t7-,8?,9-,10?,13+/m1/s1. The third-order valence-corrected chi connectivity index (χ3v) is 4.61. The molecule has 4 nitrogen and oxygen atoms in total. The van der Waals surface area contributed by atoms with Crippen molar-refractivity contribution in [3.05, 3.63) is 12.2 Å². The van der Waals surface area contributed by atoms with Gasteiger partial charge in [-0.3, -0.25) is 9.59 Å². The van der Waals surface area contributed by atoms with Gasteiger partial charge in [0.2, 0.25) is 0 Å². The summed E-state index contributed by atoms with van der Waals surface area (Å²) in [5, 5.41) is 0. The maximum atomic E-state index is 12.2. The number of carbonyl (C=O) groups excluding carboxylic acids is 2. The number of ether oxygens (including phenoxy) is 2. The lowest BCUT2D eigenvalue weighted by Gasteiger charge is -2.39. The first-order chi connectivity index (χ1) is 8.13. The molecule has 2 fully saturated rings. The Morgan fingerprint density at radius 3 is 3.12 bits per heavy atom. The first-order valence-electron chi connectivity index (χ1n) is 6.17. The van der Waals surface area contributed by atoms with Crippen LogP contribution in [0.4, 0.5) is 0 Å². The summed E-state index contributed by atoms with van der Waals surface area (Å²) in [6.45, 7) is 4.14. The number of hydrogen-bond donors (Lipinski definition) is 0. The minimum absolute atomic E-state index is 0.00722. The Bertz CT molecular complexity index is 414. The van der Waals surface area contributed by atoms with Crippen molar-refractivity contribution in [3.8, 4) is 0 Å². The van der Waals surface area contributed by atoms with Crippen molar-refractivity contribution < 1.29 is 19.1 Å². The zero-order valence-corrected chi connectivity index (χ0v) is 10.0. The predicted molar refractivity (Wildman–Crippen MR) is 58.8 cm³/mol. The van der Waals surface area contributed by atoms with Crippen LogP contribution in [0.5, 0.6) is 0 Å². The van der Waals surface area contributed by atoms with E-state index in [1.165, 1.54) is 0 Å². The Labute approximate surface area is 100.0 Å². The molecule has 1 aliphatic heterocycles. The lowest BCUT2D eigenvalue weighted by molar-refractivity contribution is -0.180. The Hall–Kier alpha value is -1.32. The van der Waals surface area contributed by atoms with Crippen LogP contribution in [0.25, 0.3) is 0 Å². The Morgan fingerprint density at radius 2 is 2.41 bits per heavy atom. The molecule has 2 unspecified atom stereocenters. The lowest BCUT2D eigenvalue weighted by atomic mass is 9.70. The highest BCUT2D eigenvalue weighted by Crippen LogP contribution is 2.61. The van der Waals surface area contributed by atoms with Gasteiger partial charge in [0.1, 0.15) is 11.5 Å². The van der Waals surface area contributed by atoms with Gasteiger partial charge >= 0.3 is 11.9 Å². The van der Waals surface area contributed by atoms with E-state index in [2.05, 4.69) is 0 Å². The highest BCUT2D eigenvalue weighted by Gasteiger charge is 2.71. The number of allylic oxidation sites excluding steroid dienone is 1. The van der Waals surface area contributed by atoms with Gasteiger partial charge in [0, 0.05) is 5.92 Å². The molecule has 0 aromatic carbocycles. The third kappa shape index (κ3) is 1.08. The molecule has 0 spiro atoms. The van der Waals surface area contributed by atoms with Gasteiger partial charge in [-0.1, -0.05) is 19.1 Å². The molecule has 5 atom stereocenters. The number of rotatable bonds is 2. The van der Waals surface area contributed by atoms with E-state index >= 15 is 0 Å². The predicted octanol–water partition coefficient (Wildman–Crippen LogP) is 1.30. The normalized spacial score (nSPS) is 45.9. The lowest BCUT2D eigenvalue weighted by Crippen LogP contribution is -2.49. The van der Waals surface area contributed by atoms with Crippen molar-refractivity contribution in [2.75, 3.05) is 6.61 Å². The van der Waals surface area contributed by atoms with Gasteiger partial charge in [0.15, 0.2) is 0 Å². The Morgan fingerprint density at radius 1 is 1.65 bits per heavy atom. The zero-order chi connectivity index (χ0) is 12.2. The van der Waals surface area contributed by atoms with Crippen LogP contribution in [0.1, 0.15) is 20.3 Å². The number of esters is 2. The molecule has 92 valence electrons. The second-order valence-corrected chi connectivity index (χ2v) is 5.14. The molecule has 0 amide bonds. The van der Waals surface area contributed by atoms with E-state index in [-0.39, 0.29) is 35.8 Å². The van der Waals surface area contributed by atoms with Gasteiger partial charge in [0.25, 0.3) is 0 Å². The summed E-state index contributed by atoms with van der Waals surface area (Å²) in [5.74, 6) is -0.451. The minimum atomic E-state index is -0.631. The molecule has 0 aromatic heterocycles. The van der Waals surface area contributed by atoms with Gasteiger partial charge in [-0.2, -0.15) is 0 Å². The fourth-order valence-corrected chi connectivity index (χ4v) is 3.79. The Kier molecular flexibility index (Phi) is 2.12. The van der Waals surface area contributed by atoms with Crippen molar-refractivity contribution >= 4 is 11.9 Å². The summed E-state index contributed by atoms with van der Waals surface area (Å²) in [4.78, 5) is 23.9. The summed E-state index contributed by atoms with van der Waals surface area (Å²) < 4.78 is 10.6. The minimum Gasteiger partial charge on any atom is -0.465 e. The molecule has 2 aliphatic carbocycles. The van der Waals surface area contributed by atoms with E-state index in [0.717, 1.165) is 0 Å². The van der Waals surface area contributed by atoms with E-state index in [4.69, 9.17) is 9.47 Å². The third-order valence-electron chi connectivity index (χ3n) is 4.61. The largest absolute Gasteiger partial charge is 0.465 e. The van der Waals surface area contributed by atoms with E-state index in [1.54, 1.807) is 6.92 Å². The smallest absolute Gasteiger partial charge is 0.316 e. The van der Waals surface area contributed by atoms with E-state index in [0.29, 0.717) is 13.0 Å². The van der Waals surface area contributed by atoms with Crippen LogP contribution in [0, 0.1) is 23.2 Å². The fraction of sp³-hybridized carbons (Fsp3) is 0.692. The molecule has 1 heterocycles. The summed E-state index contributed by atoms with van der Waals surface area (Å²) in [7, 11) is 0. The molecular weight excluding hydrogens is 220 g/mol. The molecule has 0 N–H and O–H groups in total. The van der Waals surface area contributed by atoms with Crippen LogP contribution in [0.3, 0.4) is 0 Å². The van der Waals surface area contributed by atoms with Gasteiger partial charge in [-0.15, -0.1) is 0 Å². The zero-order valence-electron chi connectivity index (χ0n) is 10.0. The van der Waals surface area contributed by atoms with E-state index < -0.39 is 5.41 Å². The molecular formula is C13H16O4. The van der Waals surface area contributed by atoms with Crippen molar-refractivity contribution in [3.63, 3.8) is 0 Å². The Balaban J connectivity index is 2.03. The second-order valence-electron chi connectivity index (χ2n) is 5.14. The summed E-state index contributed by atoms with van der Waals surface area (Å²) in [6.07, 6.45) is 4.34. The average Bonchev–Trinajstić information content (AvgIpc) is 2.67. The van der Waals surface area contributed by atoms with E-state index in [1.807, 2.05) is 19.1 Å². The van der Waals surface area contributed by atoms with Crippen molar-refractivity contribution in [2.45, 2.75) is 26.4 Å². The molecule has 4 bridgehead atoms.